The van der Waals surface area contributed by atoms with Crippen molar-refractivity contribution in [2.24, 2.45) is 0 Å². The number of benzene rings is 1. The number of nitrogens with one attached hydrogen (secondary N) is 1. The Hall–Kier alpha value is -2.10. The smallest absolute Gasteiger partial charge is 0.138 e. The lowest BCUT2D eigenvalue weighted by molar-refractivity contribution is 0.630. The third-order valence-corrected chi connectivity index (χ3v) is 3.32. The molecular formula is C16H20N4. The largest absolute Gasteiger partial charge is 0.365 e. The van der Waals surface area contributed by atoms with Crippen LogP contribution in [0.25, 0.3) is 0 Å². The van der Waals surface area contributed by atoms with Crippen LogP contribution in [0.4, 0.5) is 17.3 Å². The van der Waals surface area contributed by atoms with Gasteiger partial charge in [0, 0.05) is 23.8 Å². The Kier molecular flexibility index (Phi) is 3.08. The van der Waals surface area contributed by atoms with E-state index in [2.05, 4.69) is 65.2 Å². The van der Waals surface area contributed by atoms with Crippen molar-refractivity contribution >= 4 is 17.3 Å². The maximum atomic E-state index is 4.43. The molecule has 0 spiro atoms. The zero-order valence-corrected chi connectivity index (χ0v) is 12.2. The minimum Gasteiger partial charge on any atom is -0.365 e. The lowest BCUT2D eigenvalue weighted by Crippen LogP contribution is -2.27. The summed E-state index contributed by atoms with van der Waals surface area (Å²) in [6, 6.07) is 10.5. The molecule has 4 nitrogen and oxygen atoms in total. The van der Waals surface area contributed by atoms with Gasteiger partial charge >= 0.3 is 0 Å². The quantitative estimate of drug-likeness (QED) is 0.906. The van der Waals surface area contributed by atoms with Gasteiger partial charge in [-0.3, -0.25) is 0 Å². The van der Waals surface area contributed by atoms with Crippen LogP contribution in [-0.2, 0) is 6.42 Å². The molecule has 2 aromatic rings. The van der Waals surface area contributed by atoms with Gasteiger partial charge in [0.15, 0.2) is 0 Å². The van der Waals surface area contributed by atoms with Gasteiger partial charge in [0.25, 0.3) is 0 Å². The highest BCUT2D eigenvalue weighted by Crippen LogP contribution is 2.33. The Balaban J connectivity index is 1.91. The average Bonchev–Trinajstić information content (AvgIpc) is 2.81. The van der Waals surface area contributed by atoms with Crippen molar-refractivity contribution in [2.75, 3.05) is 16.8 Å². The first-order chi connectivity index (χ1) is 9.53. The Morgan fingerprint density at radius 2 is 1.95 bits per heavy atom. The van der Waals surface area contributed by atoms with Crippen LogP contribution >= 0.6 is 0 Å². The fourth-order valence-corrected chi connectivity index (χ4v) is 2.52. The minimum atomic E-state index is -0.00542. The second-order valence-electron chi connectivity index (χ2n) is 6.17. The third kappa shape index (κ3) is 2.59. The van der Waals surface area contributed by atoms with E-state index in [4.69, 9.17) is 0 Å². The number of hydrogen-bond acceptors (Lipinski definition) is 4. The summed E-state index contributed by atoms with van der Waals surface area (Å²) >= 11 is 0. The summed E-state index contributed by atoms with van der Waals surface area (Å²) in [5.74, 6) is 1.82. The van der Waals surface area contributed by atoms with E-state index in [1.165, 1.54) is 11.3 Å². The van der Waals surface area contributed by atoms with Gasteiger partial charge in [0.05, 0.1) is 0 Å². The Morgan fingerprint density at radius 1 is 1.15 bits per heavy atom. The van der Waals surface area contributed by atoms with Gasteiger partial charge in [-0.25, -0.2) is 9.97 Å². The number of aromatic nitrogens is 2. The van der Waals surface area contributed by atoms with Crippen molar-refractivity contribution in [1.29, 1.82) is 0 Å². The second-order valence-corrected chi connectivity index (χ2v) is 6.17. The Labute approximate surface area is 119 Å². The molecule has 1 N–H and O–H groups in total. The van der Waals surface area contributed by atoms with E-state index < -0.39 is 0 Å². The van der Waals surface area contributed by atoms with Gasteiger partial charge in [-0.15, -0.1) is 0 Å². The molecule has 0 unspecified atom stereocenters. The van der Waals surface area contributed by atoms with Gasteiger partial charge in [-0.2, -0.15) is 0 Å². The maximum Gasteiger partial charge on any atom is 0.138 e. The van der Waals surface area contributed by atoms with Gasteiger partial charge < -0.3 is 10.2 Å². The highest BCUT2D eigenvalue weighted by molar-refractivity contribution is 5.68. The number of hydrogen-bond donors (Lipinski definition) is 1. The van der Waals surface area contributed by atoms with Crippen LogP contribution < -0.4 is 10.2 Å². The average molecular weight is 268 g/mol. The summed E-state index contributed by atoms with van der Waals surface area (Å²) in [5, 5.41) is 3.39. The van der Waals surface area contributed by atoms with Crippen molar-refractivity contribution in [3.63, 3.8) is 0 Å². The first kappa shape index (κ1) is 12.9. The number of rotatable bonds is 2. The van der Waals surface area contributed by atoms with Crippen molar-refractivity contribution in [3.8, 4) is 0 Å². The fourth-order valence-electron chi connectivity index (χ4n) is 2.52. The molecule has 0 aliphatic carbocycles. The van der Waals surface area contributed by atoms with Crippen LogP contribution in [0, 0.1) is 0 Å². The van der Waals surface area contributed by atoms with Crippen molar-refractivity contribution < 1.29 is 0 Å². The molecule has 0 radical (unpaired) electrons. The summed E-state index contributed by atoms with van der Waals surface area (Å²) in [6.45, 7) is 7.35. The number of fused-ring (bicyclic) bond motifs is 1. The lowest BCUT2D eigenvalue weighted by atomic mass is 10.1. The third-order valence-electron chi connectivity index (χ3n) is 3.32. The van der Waals surface area contributed by atoms with E-state index in [0.29, 0.717) is 0 Å². The highest BCUT2D eigenvalue weighted by Gasteiger charge is 2.21. The predicted molar refractivity (Wildman–Crippen MR) is 82.6 cm³/mol. The van der Waals surface area contributed by atoms with Gasteiger partial charge in [-0.05, 0) is 38.8 Å². The molecule has 0 saturated carbocycles. The first-order valence-corrected chi connectivity index (χ1v) is 6.99. The highest BCUT2D eigenvalue weighted by atomic mass is 15.2. The van der Waals surface area contributed by atoms with Crippen LogP contribution in [0.1, 0.15) is 26.3 Å². The minimum absolute atomic E-state index is 0.00542. The molecule has 1 aromatic heterocycles. The van der Waals surface area contributed by atoms with Crippen LogP contribution in [0.5, 0.6) is 0 Å². The van der Waals surface area contributed by atoms with Crippen LogP contribution in [-0.4, -0.2) is 22.1 Å². The van der Waals surface area contributed by atoms with Crippen LogP contribution in [0.2, 0.25) is 0 Å². The van der Waals surface area contributed by atoms with Gasteiger partial charge in [-0.1, -0.05) is 18.2 Å². The van der Waals surface area contributed by atoms with Crippen LogP contribution in [0.15, 0.2) is 36.7 Å². The molecule has 0 atom stereocenters. The van der Waals surface area contributed by atoms with Crippen molar-refractivity contribution in [3.05, 3.63) is 42.2 Å². The fraction of sp³-hybridized carbons (Fsp3) is 0.375. The zero-order valence-electron chi connectivity index (χ0n) is 12.2. The predicted octanol–water partition coefficient (Wildman–Crippen LogP) is 3.38. The summed E-state index contributed by atoms with van der Waals surface area (Å²) in [6.07, 6.45) is 2.70. The first-order valence-electron chi connectivity index (χ1n) is 6.99. The number of anilines is 3. The van der Waals surface area contributed by atoms with E-state index in [0.717, 1.165) is 24.6 Å². The van der Waals surface area contributed by atoms with E-state index in [9.17, 15) is 0 Å². The van der Waals surface area contributed by atoms with E-state index in [1.54, 1.807) is 6.33 Å². The number of nitrogens with zero attached hydrogens (tertiary/aromatic N) is 3. The monoisotopic (exact) mass is 268 g/mol. The zero-order chi connectivity index (χ0) is 14.2. The standard InChI is InChI=1S/C16H20N4/c1-16(2,3)19-14-10-15(18-11-17-14)20-9-8-12-6-4-5-7-13(12)20/h4-7,10-11H,8-9H2,1-3H3,(H,17,18,19). The molecule has 1 aliphatic rings. The lowest BCUT2D eigenvalue weighted by Gasteiger charge is -2.23. The van der Waals surface area contributed by atoms with Gasteiger partial charge in [0.1, 0.15) is 18.0 Å². The molecule has 4 heteroatoms. The molecule has 0 saturated heterocycles. The summed E-state index contributed by atoms with van der Waals surface area (Å²) in [7, 11) is 0. The Bertz CT molecular complexity index is 616. The van der Waals surface area contributed by atoms with Crippen molar-refractivity contribution in [1.82, 2.24) is 9.97 Å². The maximum absolute atomic E-state index is 4.43. The molecule has 0 bridgehead atoms. The molecule has 1 aromatic carbocycles. The van der Waals surface area contributed by atoms with E-state index in [1.807, 2.05) is 6.07 Å². The Morgan fingerprint density at radius 3 is 2.75 bits per heavy atom. The molecule has 20 heavy (non-hydrogen) atoms. The molecule has 1 aliphatic heterocycles. The van der Waals surface area contributed by atoms with E-state index >= 15 is 0 Å². The molecule has 2 heterocycles. The van der Waals surface area contributed by atoms with Crippen LogP contribution in [0.3, 0.4) is 0 Å². The normalized spacial score (nSPS) is 14.2. The van der Waals surface area contributed by atoms with Gasteiger partial charge in [0.2, 0.25) is 0 Å². The second kappa shape index (κ2) is 4.78. The number of para-hydroxylation sites is 1. The molecule has 3 rings (SSSR count). The molecular weight excluding hydrogens is 248 g/mol. The van der Waals surface area contributed by atoms with Crippen molar-refractivity contribution in [2.45, 2.75) is 32.7 Å². The summed E-state index contributed by atoms with van der Waals surface area (Å²) in [5.41, 5.74) is 2.64. The molecule has 0 amide bonds. The molecule has 104 valence electrons. The van der Waals surface area contributed by atoms with E-state index in [-0.39, 0.29) is 5.54 Å². The molecule has 0 fully saturated rings. The SMILES string of the molecule is CC(C)(C)Nc1cc(N2CCc3ccccc32)ncn1. The topological polar surface area (TPSA) is 41.0 Å². The summed E-state index contributed by atoms with van der Waals surface area (Å²) < 4.78 is 0. The summed E-state index contributed by atoms with van der Waals surface area (Å²) in [4.78, 5) is 11.0.